The topological polar surface area (TPSA) is 54.0 Å². The maximum atomic E-state index is 6.04. The number of aromatic nitrogens is 1. The minimum atomic E-state index is 0. The van der Waals surface area contributed by atoms with E-state index in [9.17, 15) is 0 Å². The average molecular weight is 384 g/mol. The number of rotatable bonds is 6. The molecule has 0 saturated carbocycles. The molecular weight excluding hydrogens is 359 g/mol. The molecule has 0 atom stereocenters. The van der Waals surface area contributed by atoms with Gasteiger partial charge in [0.2, 0.25) is 0 Å². The molecule has 0 fully saturated rings. The molecule has 0 saturated heterocycles. The summed E-state index contributed by atoms with van der Waals surface area (Å²) in [5, 5.41) is 0. The SMILES string of the molecule is F.F.[B][N+]1=CC=CC1=C(CCN)c1[nH]c(/C=C/c2ccc(OC)cc2)cc1C. The monoisotopic (exact) mass is 384 g/mol. The smallest absolute Gasteiger partial charge is 0.497 e. The average Bonchev–Trinajstić information content (AvgIpc) is 3.24. The standard InChI is InChI=1S/C21H23BN3O.2FH/c1-15-14-17(8-5-16-6-9-18(26-2)10-7-16)24-21(15)19(11-12-23)20-4-3-13-25(20)22;;/h3-10,13-14,24H,11-12,23H2,1-2H3;2*1H/q+1;;/b8-5+;;. The van der Waals surface area contributed by atoms with E-state index >= 15 is 0 Å². The van der Waals surface area contributed by atoms with Crippen LogP contribution in [0.4, 0.5) is 9.41 Å². The molecule has 2 aromatic rings. The highest BCUT2D eigenvalue weighted by atomic mass is 19.0. The van der Waals surface area contributed by atoms with Crippen LogP contribution in [0.5, 0.6) is 5.75 Å². The molecule has 1 aliphatic rings. The van der Waals surface area contributed by atoms with Crippen LogP contribution in [-0.2, 0) is 0 Å². The number of nitrogens with two attached hydrogens (primary N) is 1. The number of aromatic amines is 1. The van der Waals surface area contributed by atoms with Crippen molar-refractivity contribution in [3.63, 3.8) is 0 Å². The first-order chi connectivity index (χ1) is 12.6. The molecule has 7 heteroatoms. The van der Waals surface area contributed by atoms with E-state index in [1.54, 1.807) is 11.6 Å². The number of nitrogens with one attached hydrogen (secondary N) is 1. The molecule has 2 radical (unpaired) electrons. The first kappa shape index (κ1) is 23.1. The Hall–Kier alpha value is -2.93. The van der Waals surface area contributed by atoms with Crippen LogP contribution in [0.1, 0.15) is 28.9 Å². The lowest BCUT2D eigenvalue weighted by molar-refractivity contribution is -0.294. The normalized spacial score (nSPS) is 14.5. The van der Waals surface area contributed by atoms with Gasteiger partial charge in [-0.2, -0.15) is 0 Å². The van der Waals surface area contributed by atoms with Gasteiger partial charge in [0.05, 0.1) is 12.8 Å². The highest BCUT2D eigenvalue weighted by Gasteiger charge is 2.20. The molecule has 1 aromatic carbocycles. The number of benzene rings is 1. The third kappa shape index (κ3) is 5.07. The van der Waals surface area contributed by atoms with Gasteiger partial charge in [-0.15, -0.1) is 0 Å². The Morgan fingerprint density at radius 1 is 1.21 bits per heavy atom. The van der Waals surface area contributed by atoms with E-state index in [0.29, 0.717) is 6.54 Å². The summed E-state index contributed by atoms with van der Waals surface area (Å²) in [5.74, 6) is 0.853. The molecule has 0 aliphatic carbocycles. The van der Waals surface area contributed by atoms with Crippen LogP contribution < -0.4 is 10.5 Å². The Bertz CT molecular complexity index is 912. The van der Waals surface area contributed by atoms with Gasteiger partial charge >= 0.3 is 7.98 Å². The number of hydrogen-bond donors (Lipinski definition) is 2. The lowest BCUT2D eigenvalue weighted by atomic mass is 10.0. The summed E-state index contributed by atoms with van der Waals surface area (Å²) in [6.45, 7) is 2.66. The summed E-state index contributed by atoms with van der Waals surface area (Å²) in [6, 6.07) is 10.1. The number of nitrogens with zero attached hydrogens (tertiary/aromatic N) is 1. The van der Waals surface area contributed by atoms with E-state index in [-0.39, 0.29) is 9.41 Å². The van der Waals surface area contributed by atoms with Gasteiger partial charge in [0.1, 0.15) is 12.0 Å². The van der Waals surface area contributed by atoms with Gasteiger partial charge in [-0.3, -0.25) is 13.9 Å². The van der Waals surface area contributed by atoms with Gasteiger partial charge < -0.3 is 15.5 Å². The van der Waals surface area contributed by atoms with E-state index in [2.05, 4.69) is 30.1 Å². The van der Waals surface area contributed by atoms with Gasteiger partial charge in [0, 0.05) is 23.4 Å². The predicted octanol–water partition coefficient (Wildman–Crippen LogP) is 3.60. The summed E-state index contributed by atoms with van der Waals surface area (Å²) < 4.78 is 6.83. The molecule has 4 nitrogen and oxygen atoms in total. The van der Waals surface area contributed by atoms with Crippen molar-refractivity contribution in [1.82, 2.24) is 4.98 Å². The van der Waals surface area contributed by atoms with Crippen molar-refractivity contribution in [2.45, 2.75) is 13.3 Å². The Kier molecular flexibility index (Phi) is 8.60. The van der Waals surface area contributed by atoms with E-state index in [1.807, 2.05) is 42.6 Å². The molecule has 0 unspecified atom stereocenters. The first-order valence-electron chi connectivity index (χ1n) is 8.63. The van der Waals surface area contributed by atoms with E-state index in [1.165, 1.54) is 5.56 Å². The Morgan fingerprint density at radius 3 is 2.50 bits per heavy atom. The fourth-order valence-corrected chi connectivity index (χ4v) is 3.06. The fourth-order valence-electron chi connectivity index (χ4n) is 3.06. The van der Waals surface area contributed by atoms with E-state index < -0.39 is 0 Å². The van der Waals surface area contributed by atoms with Crippen molar-refractivity contribution >= 4 is 31.9 Å². The molecule has 0 amide bonds. The number of ether oxygens (including phenoxy) is 1. The zero-order valence-electron chi connectivity index (χ0n) is 16.0. The molecular formula is C21H25BF2N3O+. The highest BCUT2D eigenvalue weighted by molar-refractivity contribution is 6.01. The maximum Gasteiger partial charge on any atom is 0.586 e. The highest BCUT2D eigenvalue weighted by Crippen LogP contribution is 2.27. The lowest BCUT2D eigenvalue weighted by Crippen LogP contribution is -2.09. The van der Waals surface area contributed by atoms with Crippen molar-refractivity contribution < 1.29 is 18.6 Å². The quantitative estimate of drug-likeness (QED) is 0.748. The predicted molar refractivity (Wildman–Crippen MR) is 114 cm³/mol. The zero-order chi connectivity index (χ0) is 18.5. The van der Waals surface area contributed by atoms with Crippen molar-refractivity contribution in [3.8, 4) is 5.75 Å². The van der Waals surface area contributed by atoms with Crippen molar-refractivity contribution in [2.24, 2.45) is 5.73 Å². The largest absolute Gasteiger partial charge is 0.586 e. The zero-order valence-corrected chi connectivity index (χ0v) is 16.0. The summed E-state index contributed by atoms with van der Waals surface area (Å²) in [7, 11) is 7.71. The summed E-state index contributed by atoms with van der Waals surface area (Å²) in [6.07, 6.45) is 10.7. The van der Waals surface area contributed by atoms with Crippen LogP contribution in [-0.4, -0.2) is 37.3 Å². The number of hydrogen-bond acceptors (Lipinski definition) is 2. The van der Waals surface area contributed by atoms with Crippen molar-refractivity contribution in [3.05, 3.63) is 70.7 Å². The van der Waals surface area contributed by atoms with Crippen LogP contribution >= 0.6 is 0 Å². The third-order valence-electron chi connectivity index (χ3n) is 4.39. The minimum Gasteiger partial charge on any atom is -0.497 e. The summed E-state index contributed by atoms with van der Waals surface area (Å²) >= 11 is 0. The Balaban J connectivity index is 0.00000196. The van der Waals surface area contributed by atoms with Crippen LogP contribution in [0.2, 0.25) is 0 Å². The van der Waals surface area contributed by atoms with Crippen molar-refractivity contribution in [1.29, 1.82) is 0 Å². The maximum absolute atomic E-state index is 6.04. The lowest BCUT2D eigenvalue weighted by Gasteiger charge is -2.07. The van der Waals surface area contributed by atoms with Crippen LogP contribution in [0.3, 0.4) is 0 Å². The Morgan fingerprint density at radius 2 is 1.93 bits per heavy atom. The van der Waals surface area contributed by atoms with Gasteiger partial charge in [-0.1, -0.05) is 18.2 Å². The van der Waals surface area contributed by atoms with Crippen LogP contribution in [0.15, 0.2) is 48.2 Å². The second-order valence-electron chi connectivity index (χ2n) is 6.21. The minimum absolute atomic E-state index is 0. The molecule has 0 spiro atoms. The second kappa shape index (κ2) is 10.4. The molecule has 28 heavy (non-hydrogen) atoms. The van der Waals surface area contributed by atoms with Gasteiger partial charge in [-0.05, 0) is 55.3 Å². The molecule has 0 bridgehead atoms. The number of aryl methyl sites for hydroxylation is 1. The Labute approximate surface area is 165 Å². The van der Waals surface area contributed by atoms with Gasteiger partial charge in [0.25, 0.3) is 0 Å². The van der Waals surface area contributed by atoms with Gasteiger partial charge in [-0.25, -0.2) is 0 Å². The van der Waals surface area contributed by atoms with E-state index in [4.69, 9.17) is 18.5 Å². The van der Waals surface area contributed by atoms with Gasteiger partial charge in [0.15, 0.2) is 5.70 Å². The third-order valence-corrected chi connectivity index (χ3v) is 4.39. The number of H-pyrrole nitrogens is 1. The number of allylic oxidation sites excluding steroid dienone is 2. The number of halogens is 2. The molecule has 2 heterocycles. The molecule has 146 valence electrons. The summed E-state index contributed by atoms with van der Waals surface area (Å²) in [5.41, 5.74) is 12.3. The second-order valence-corrected chi connectivity index (χ2v) is 6.21. The summed E-state index contributed by atoms with van der Waals surface area (Å²) in [4.78, 5) is 3.50. The molecule has 3 rings (SSSR count). The molecule has 1 aromatic heterocycles. The van der Waals surface area contributed by atoms with Crippen LogP contribution in [0, 0.1) is 6.92 Å². The molecule has 3 N–H and O–H groups in total. The van der Waals surface area contributed by atoms with Crippen LogP contribution in [0.25, 0.3) is 17.7 Å². The van der Waals surface area contributed by atoms with E-state index in [0.717, 1.165) is 40.4 Å². The number of methoxy groups -OCH3 is 1. The first-order valence-corrected chi connectivity index (χ1v) is 8.63. The fraction of sp³-hybridized carbons (Fsp3) is 0.190. The van der Waals surface area contributed by atoms with Crippen molar-refractivity contribution in [2.75, 3.05) is 13.7 Å². The molecule has 1 aliphatic heterocycles.